The van der Waals surface area contributed by atoms with Crippen LogP contribution < -0.4 is 5.32 Å². The fourth-order valence-electron chi connectivity index (χ4n) is 2.46. The Morgan fingerprint density at radius 2 is 2.16 bits per heavy atom. The SMILES string of the molecule is CCC(CC)C(=O)Nc1cnn(C2CCOCC2)c1. The fraction of sp³-hybridized carbons (Fsp3) is 0.714. The van der Waals surface area contributed by atoms with Gasteiger partial charge < -0.3 is 10.1 Å². The topological polar surface area (TPSA) is 56.2 Å². The Morgan fingerprint density at radius 3 is 2.79 bits per heavy atom. The van der Waals surface area contributed by atoms with Gasteiger partial charge in [0.2, 0.25) is 5.91 Å². The van der Waals surface area contributed by atoms with Crippen LogP contribution in [0.25, 0.3) is 0 Å². The third kappa shape index (κ3) is 3.56. The lowest BCUT2D eigenvalue weighted by Crippen LogP contribution is -2.21. The molecular formula is C14H23N3O2. The normalized spacial score (nSPS) is 16.8. The molecule has 1 amide bonds. The first-order valence-corrected chi connectivity index (χ1v) is 7.17. The molecule has 106 valence electrons. The summed E-state index contributed by atoms with van der Waals surface area (Å²) in [4.78, 5) is 12.0. The van der Waals surface area contributed by atoms with Gasteiger partial charge in [0.1, 0.15) is 0 Å². The number of hydrogen-bond acceptors (Lipinski definition) is 3. The Kier molecular flexibility index (Phi) is 4.96. The Balaban J connectivity index is 1.95. The van der Waals surface area contributed by atoms with Gasteiger partial charge in [0.25, 0.3) is 0 Å². The average molecular weight is 265 g/mol. The zero-order chi connectivity index (χ0) is 13.7. The minimum atomic E-state index is 0.0893. The van der Waals surface area contributed by atoms with E-state index in [1.54, 1.807) is 6.20 Å². The molecule has 0 aromatic carbocycles. The number of anilines is 1. The van der Waals surface area contributed by atoms with E-state index in [4.69, 9.17) is 4.74 Å². The quantitative estimate of drug-likeness (QED) is 0.890. The smallest absolute Gasteiger partial charge is 0.227 e. The predicted octanol–water partition coefficient (Wildman–Crippen LogP) is 2.61. The van der Waals surface area contributed by atoms with Crippen LogP contribution in [0, 0.1) is 5.92 Å². The maximum absolute atomic E-state index is 12.0. The molecular weight excluding hydrogens is 242 g/mol. The zero-order valence-electron chi connectivity index (χ0n) is 11.8. The van der Waals surface area contributed by atoms with Crippen LogP contribution in [-0.2, 0) is 9.53 Å². The van der Waals surface area contributed by atoms with Crippen molar-refractivity contribution in [1.82, 2.24) is 9.78 Å². The molecule has 0 saturated carbocycles. The zero-order valence-corrected chi connectivity index (χ0v) is 11.8. The largest absolute Gasteiger partial charge is 0.381 e. The van der Waals surface area contributed by atoms with Crippen LogP contribution in [-0.4, -0.2) is 28.9 Å². The van der Waals surface area contributed by atoms with Gasteiger partial charge in [0, 0.05) is 25.3 Å². The molecule has 5 heteroatoms. The maximum Gasteiger partial charge on any atom is 0.227 e. The Bertz CT molecular complexity index is 407. The Labute approximate surface area is 114 Å². The van der Waals surface area contributed by atoms with Gasteiger partial charge in [0.15, 0.2) is 0 Å². The number of aromatic nitrogens is 2. The van der Waals surface area contributed by atoms with Crippen LogP contribution >= 0.6 is 0 Å². The summed E-state index contributed by atoms with van der Waals surface area (Å²) in [7, 11) is 0. The molecule has 2 heterocycles. The van der Waals surface area contributed by atoms with Gasteiger partial charge in [-0.1, -0.05) is 13.8 Å². The first kappa shape index (κ1) is 14.1. The molecule has 0 radical (unpaired) electrons. The second kappa shape index (κ2) is 6.70. The number of amides is 1. The van der Waals surface area contributed by atoms with Crippen LogP contribution in [0.4, 0.5) is 5.69 Å². The first-order valence-electron chi connectivity index (χ1n) is 7.17. The van der Waals surface area contributed by atoms with Gasteiger partial charge >= 0.3 is 0 Å². The van der Waals surface area contributed by atoms with E-state index < -0.39 is 0 Å². The molecule has 19 heavy (non-hydrogen) atoms. The van der Waals surface area contributed by atoms with Crippen molar-refractivity contribution in [3.05, 3.63) is 12.4 Å². The number of nitrogens with one attached hydrogen (secondary N) is 1. The molecule has 0 atom stereocenters. The van der Waals surface area contributed by atoms with Crippen molar-refractivity contribution < 1.29 is 9.53 Å². The second-order valence-corrected chi connectivity index (χ2v) is 5.06. The molecule has 1 fully saturated rings. The van der Waals surface area contributed by atoms with Crippen molar-refractivity contribution in [1.29, 1.82) is 0 Å². The number of rotatable bonds is 5. The van der Waals surface area contributed by atoms with Crippen LogP contribution in [0.1, 0.15) is 45.6 Å². The summed E-state index contributed by atoms with van der Waals surface area (Å²) in [6.45, 7) is 5.66. The molecule has 0 spiro atoms. The summed E-state index contributed by atoms with van der Waals surface area (Å²) in [5.41, 5.74) is 0.795. The summed E-state index contributed by atoms with van der Waals surface area (Å²) in [6.07, 6.45) is 7.38. The molecule has 2 rings (SSSR count). The van der Waals surface area contributed by atoms with Gasteiger partial charge in [-0.2, -0.15) is 5.10 Å². The van der Waals surface area contributed by atoms with Crippen molar-refractivity contribution in [2.24, 2.45) is 5.92 Å². The van der Waals surface area contributed by atoms with E-state index in [1.807, 2.05) is 24.7 Å². The summed E-state index contributed by atoms with van der Waals surface area (Å²) in [5, 5.41) is 7.30. The molecule has 1 aromatic heterocycles. The summed E-state index contributed by atoms with van der Waals surface area (Å²) >= 11 is 0. The second-order valence-electron chi connectivity index (χ2n) is 5.06. The summed E-state index contributed by atoms with van der Waals surface area (Å²) < 4.78 is 7.29. The van der Waals surface area contributed by atoms with E-state index >= 15 is 0 Å². The predicted molar refractivity (Wildman–Crippen MR) is 74.0 cm³/mol. The van der Waals surface area contributed by atoms with Crippen molar-refractivity contribution in [2.75, 3.05) is 18.5 Å². The first-order chi connectivity index (χ1) is 9.24. The lowest BCUT2D eigenvalue weighted by atomic mass is 10.0. The van der Waals surface area contributed by atoms with Crippen molar-refractivity contribution in [3.8, 4) is 0 Å². The molecule has 1 N–H and O–H groups in total. The van der Waals surface area contributed by atoms with E-state index in [9.17, 15) is 4.79 Å². The standard InChI is InChI=1S/C14H23N3O2/c1-3-11(4-2)14(18)16-12-9-15-17(10-12)13-5-7-19-8-6-13/h9-11,13H,3-8H2,1-2H3,(H,16,18). The number of carbonyl (C=O) groups is 1. The van der Waals surface area contributed by atoms with Crippen LogP contribution in [0.5, 0.6) is 0 Å². The van der Waals surface area contributed by atoms with Crippen molar-refractivity contribution >= 4 is 11.6 Å². The lowest BCUT2D eigenvalue weighted by Gasteiger charge is -2.22. The van der Waals surface area contributed by atoms with E-state index in [0.717, 1.165) is 44.6 Å². The molecule has 0 unspecified atom stereocenters. The highest BCUT2D eigenvalue weighted by atomic mass is 16.5. The molecule has 5 nitrogen and oxygen atoms in total. The Morgan fingerprint density at radius 1 is 1.47 bits per heavy atom. The van der Waals surface area contributed by atoms with E-state index in [2.05, 4.69) is 10.4 Å². The van der Waals surface area contributed by atoms with Gasteiger partial charge in [-0.05, 0) is 25.7 Å². The van der Waals surface area contributed by atoms with Gasteiger partial charge in [0.05, 0.1) is 17.9 Å². The summed E-state index contributed by atoms with van der Waals surface area (Å²) in [5.74, 6) is 0.183. The van der Waals surface area contributed by atoms with Gasteiger partial charge in [-0.25, -0.2) is 0 Å². The fourth-order valence-corrected chi connectivity index (χ4v) is 2.46. The van der Waals surface area contributed by atoms with Crippen molar-refractivity contribution in [3.63, 3.8) is 0 Å². The van der Waals surface area contributed by atoms with Crippen LogP contribution in [0.2, 0.25) is 0 Å². The van der Waals surface area contributed by atoms with Gasteiger partial charge in [-0.3, -0.25) is 9.48 Å². The monoisotopic (exact) mass is 265 g/mol. The third-order valence-electron chi connectivity index (χ3n) is 3.79. The lowest BCUT2D eigenvalue weighted by molar-refractivity contribution is -0.120. The molecule has 0 bridgehead atoms. The van der Waals surface area contributed by atoms with Gasteiger partial charge in [-0.15, -0.1) is 0 Å². The van der Waals surface area contributed by atoms with Crippen LogP contribution in [0.15, 0.2) is 12.4 Å². The summed E-state index contributed by atoms with van der Waals surface area (Å²) in [6, 6.07) is 0.396. The number of carbonyl (C=O) groups excluding carboxylic acids is 1. The maximum atomic E-state index is 12.0. The van der Waals surface area contributed by atoms with E-state index in [1.165, 1.54) is 0 Å². The molecule has 1 aliphatic heterocycles. The molecule has 1 aliphatic rings. The molecule has 0 aliphatic carbocycles. The van der Waals surface area contributed by atoms with E-state index in [-0.39, 0.29) is 11.8 Å². The third-order valence-corrected chi connectivity index (χ3v) is 3.79. The van der Waals surface area contributed by atoms with E-state index in [0.29, 0.717) is 6.04 Å². The highest BCUT2D eigenvalue weighted by Crippen LogP contribution is 2.22. The number of nitrogens with zero attached hydrogens (tertiary/aromatic N) is 2. The highest BCUT2D eigenvalue weighted by molar-refractivity contribution is 5.92. The number of hydrogen-bond donors (Lipinski definition) is 1. The number of ether oxygens (including phenoxy) is 1. The molecule has 1 saturated heterocycles. The minimum absolute atomic E-state index is 0.0893. The molecule has 1 aromatic rings. The Hall–Kier alpha value is -1.36. The average Bonchev–Trinajstić information content (AvgIpc) is 2.89. The highest BCUT2D eigenvalue weighted by Gasteiger charge is 2.18. The van der Waals surface area contributed by atoms with Crippen molar-refractivity contribution in [2.45, 2.75) is 45.6 Å². The minimum Gasteiger partial charge on any atom is -0.381 e. The van der Waals surface area contributed by atoms with Crippen LogP contribution in [0.3, 0.4) is 0 Å².